The van der Waals surface area contributed by atoms with Gasteiger partial charge in [-0.2, -0.15) is 13.2 Å². The first-order valence-electron chi connectivity index (χ1n) is 9.28. The first-order valence-corrected chi connectivity index (χ1v) is 9.28. The van der Waals surface area contributed by atoms with Crippen LogP contribution in [0.2, 0.25) is 0 Å². The quantitative estimate of drug-likeness (QED) is 0.507. The second-order valence-electron chi connectivity index (χ2n) is 7.08. The maximum atomic E-state index is 13.4. The number of carbonyl (C=O) groups excluding carboxylic acids is 2. The van der Waals surface area contributed by atoms with Gasteiger partial charge in [-0.3, -0.25) is 14.8 Å². The first kappa shape index (κ1) is 20.0. The number of fused-ring (bicyclic) bond motifs is 3. The Balaban J connectivity index is 1.74. The molecule has 30 heavy (non-hydrogen) atoms. The number of benzene rings is 2. The minimum Gasteiger partial charge on any atom is -0.333 e. The lowest BCUT2D eigenvalue weighted by molar-refractivity contribution is -0.138. The lowest BCUT2D eigenvalue weighted by Gasteiger charge is -2.29. The van der Waals surface area contributed by atoms with Crippen molar-refractivity contribution in [2.75, 3.05) is 6.54 Å². The van der Waals surface area contributed by atoms with Crippen LogP contribution in [0.15, 0.2) is 48.5 Å². The molecule has 4 rings (SSSR count). The molecule has 0 radical (unpaired) electrons. The summed E-state index contributed by atoms with van der Waals surface area (Å²) in [5.41, 5.74) is 2.60. The monoisotopic (exact) mass is 417 g/mol. The fourth-order valence-corrected chi connectivity index (χ4v) is 4.01. The number of halogens is 3. The molecule has 3 aromatic rings. The fourth-order valence-electron chi connectivity index (χ4n) is 4.01. The van der Waals surface area contributed by atoms with Gasteiger partial charge in [0.25, 0.3) is 11.8 Å². The number of rotatable bonds is 3. The van der Waals surface area contributed by atoms with E-state index in [1.54, 1.807) is 10.0 Å². The smallest absolute Gasteiger partial charge is 0.333 e. The SMILES string of the molecule is O=C(Cn1c2c(c3ccccc31)CCN(C(=O)c1ccccc1C(F)(F)F)C2)NO. The van der Waals surface area contributed by atoms with Crippen molar-refractivity contribution >= 4 is 22.7 Å². The zero-order chi connectivity index (χ0) is 21.5. The van der Waals surface area contributed by atoms with Crippen molar-refractivity contribution in [2.24, 2.45) is 0 Å². The molecule has 2 aromatic carbocycles. The Kier molecular flexibility index (Phi) is 4.98. The molecule has 2 amide bonds. The Bertz CT molecular complexity index is 1140. The molecule has 0 saturated heterocycles. The van der Waals surface area contributed by atoms with Gasteiger partial charge in [0.05, 0.1) is 17.7 Å². The fraction of sp³-hybridized carbons (Fsp3) is 0.238. The Morgan fingerprint density at radius 3 is 2.50 bits per heavy atom. The first-order chi connectivity index (χ1) is 14.3. The molecule has 0 atom stereocenters. The van der Waals surface area contributed by atoms with Crippen molar-refractivity contribution in [1.82, 2.24) is 14.9 Å². The van der Waals surface area contributed by atoms with Gasteiger partial charge in [0.1, 0.15) is 6.54 Å². The number of hydrogen-bond acceptors (Lipinski definition) is 3. The maximum Gasteiger partial charge on any atom is 0.417 e. The van der Waals surface area contributed by atoms with E-state index in [0.717, 1.165) is 22.5 Å². The highest BCUT2D eigenvalue weighted by Gasteiger charge is 2.37. The predicted molar refractivity (Wildman–Crippen MR) is 102 cm³/mol. The number of para-hydroxylation sites is 1. The van der Waals surface area contributed by atoms with E-state index in [-0.39, 0.29) is 19.6 Å². The van der Waals surface area contributed by atoms with Gasteiger partial charge in [0, 0.05) is 23.1 Å². The molecule has 0 saturated carbocycles. The Morgan fingerprint density at radius 1 is 1.07 bits per heavy atom. The van der Waals surface area contributed by atoms with E-state index in [0.29, 0.717) is 12.1 Å². The van der Waals surface area contributed by atoms with Crippen LogP contribution in [0, 0.1) is 0 Å². The highest BCUT2D eigenvalue weighted by Crippen LogP contribution is 2.35. The predicted octanol–water partition coefficient (Wildman–Crippen LogP) is 3.36. The van der Waals surface area contributed by atoms with Gasteiger partial charge >= 0.3 is 6.18 Å². The van der Waals surface area contributed by atoms with Crippen LogP contribution < -0.4 is 5.48 Å². The van der Waals surface area contributed by atoms with Gasteiger partial charge in [-0.15, -0.1) is 0 Å². The molecule has 1 aromatic heterocycles. The van der Waals surface area contributed by atoms with Crippen LogP contribution in [-0.4, -0.2) is 33.0 Å². The summed E-state index contributed by atoms with van der Waals surface area (Å²) in [5.74, 6) is -1.35. The topological polar surface area (TPSA) is 74.6 Å². The summed E-state index contributed by atoms with van der Waals surface area (Å²) in [5, 5.41) is 9.84. The lowest BCUT2D eigenvalue weighted by atomic mass is 10.0. The standard InChI is InChI=1S/C21H18F3N3O3/c22-21(23,24)16-7-3-1-6-15(16)20(29)26-10-9-14-13-5-2-4-8-17(13)27(18(14)11-26)12-19(28)25-30/h1-8,30H,9-12H2,(H,25,28). The summed E-state index contributed by atoms with van der Waals surface area (Å²) in [6, 6.07) is 12.1. The molecule has 1 aliphatic heterocycles. The third-order valence-electron chi connectivity index (χ3n) is 5.34. The van der Waals surface area contributed by atoms with Gasteiger partial charge in [0.15, 0.2) is 0 Å². The van der Waals surface area contributed by atoms with E-state index in [1.165, 1.54) is 23.1 Å². The normalized spacial score (nSPS) is 13.9. The largest absolute Gasteiger partial charge is 0.417 e. The van der Waals surface area contributed by atoms with Crippen molar-refractivity contribution in [3.05, 3.63) is 70.9 Å². The van der Waals surface area contributed by atoms with Crippen LogP contribution in [0.3, 0.4) is 0 Å². The van der Waals surface area contributed by atoms with Gasteiger partial charge in [-0.25, -0.2) is 5.48 Å². The number of nitrogens with zero attached hydrogens (tertiary/aromatic N) is 2. The Hall–Kier alpha value is -3.33. The van der Waals surface area contributed by atoms with Crippen molar-refractivity contribution < 1.29 is 28.0 Å². The molecule has 0 fully saturated rings. The zero-order valence-electron chi connectivity index (χ0n) is 15.7. The van der Waals surface area contributed by atoms with Crippen molar-refractivity contribution in [3.63, 3.8) is 0 Å². The van der Waals surface area contributed by atoms with E-state index in [2.05, 4.69) is 0 Å². The minimum absolute atomic E-state index is 0.0632. The number of aromatic nitrogens is 1. The molecule has 6 nitrogen and oxygen atoms in total. The van der Waals surface area contributed by atoms with Crippen LogP contribution >= 0.6 is 0 Å². The van der Waals surface area contributed by atoms with Crippen LogP contribution in [0.1, 0.15) is 27.2 Å². The van der Waals surface area contributed by atoms with Gasteiger partial charge < -0.3 is 9.47 Å². The molecule has 1 aliphatic rings. The molecule has 2 N–H and O–H groups in total. The number of hydroxylamine groups is 1. The molecule has 0 bridgehead atoms. The highest BCUT2D eigenvalue weighted by molar-refractivity contribution is 5.96. The third kappa shape index (κ3) is 3.41. The average molecular weight is 417 g/mol. The number of nitrogens with one attached hydrogen (secondary N) is 1. The summed E-state index contributed by atoms with van der Waals surface area (Å²) in [6.07, 6.45) is -4.19. The summed E-state index contributed by atoms with van der Waals surface area (Å²) in [7, 11) is 0. The number of alkyl halides is 3. The van der Waals surface area contributed by atoms with E-state index in [9.17, 15) is 22.8 Å². The van der Waals surface area contributed by atoms with E-state index >= 15 is 0 Å². The molecule has 0 spiro atoms. The van der Waals surface area contributed by atoms with E-state index < -0.39 is 29.1 Å². The summed E-state index contributed by atoms with van der Waals surface area (Å²) in [6.45, 7) is 0.152. The minimum atomic E-state index is -4.64. The third-order valence-corrected chi connectivity index (χ3v) is 5.34. The summed E-state index contributed by atoms with van der Waals surface area (Å²) in [4.78, 5) is 26.2. The second-order valence-corrected chi connectivity index (χ2v) is 7.08. The average Bonchev–Trinajstić information content (AvgIpc) is 3.05. The molecule has 9 heteroatoms. The Labute approximate surface area is 169 Å². The molecule has 156 valence electrons. The van der Waals surface area contributed by atoms with Crippen LogP contribution in [-0.2, 0) is 30.5 Å². The summed E-state index contributed by atoms with van der Waals surface area (Å²) >= 11 is 0. The lowest BCUT2D eigenvalue weighted by Crippen LogP contribution is -2.38. The van der Waals surface area contributed by atoms with Gasteiger partial charge in [-0.05, 0) is 30.2 Å². The van der Waals surface area contributed by atoms with Crippen molar-refractivity contribution in [2.45, 2.75) is 25.7 Å². The highest BCUT2D eigenvalue weighted by atomic mass is 19.4. The molecule has 2 heterocycles. The second kappa shape index (κ2) is 7.49. The number of amides is 2. The number of carbonyl (C=O) groups is 2. The molecule has 0 aliphatic carbocycles. The number of hydrogen-bond donors (Lipinski definition) is 2. The Morgan fingerprint density at radius 2 is 1.77 bits per heavy atom. The van der Waals surface area contributed by atoms with Crippen LogP contribution in [0.5, 0.6) is 0 Å². The van der Waals surface area contributed by atoms with Crippen molar-refractivity contribution in [3.8, 4) is 0 Å². The van der Waals surface area contributed by atoms with E-state index in [1.807, 2.05) is 24.3 Å². The van der Waals surface area contributed by atoms with Crippen LogP contribution in [0.25, 0.3) is 10.9 Å². The maximum absolute atomic E-state index is 13.4. The molecular weight excluding hydrogens is 399 g/mol. The van der Waals surface area contributed by atoms with Gasteiger partial charge in [-0.1, -0.05) is 30.3 Å². The van der Waals surface area contributed by atoms with E-state index in [4.69, 9.17) is 5.21 Å². The molecular formula is C21H18F3N3O3. The van der Waals surface area contributed by atoms with Crippen LogP contribution in [0.4, 0.5) is 13.2 Å². The molecule has 0 unspecified atom stereocenters. The van der Waals surface area contributed by atoms with Crippen molar-refractivity contribution in [1.29, 1.82) is 0 Å². The zero-order valence-corrected chi connectivity index (χ0v) is 15.7. The van der Waals surface area contributed by atoms with Gasteiger partial charge in [0.2, 0.25) is 0 Å². The summed E-state index contributed by atoms with van der Waals surface area (Å²) < 4.78 is 41.8.